The van der Waals surface area contributed by atoms with Crippen LogP contribution in [0.1, 0.15) is 29.9 Å². The number of carbonyl (C=O) groups excluding carboxylic acids is 2. The number of carbonyl (C=O) groups is 2. The van der Waals surface area contributed by atoms with Crippen LogP contribution in [0.4, 0.5) is 4.39 Å². The Balaban J connectivity index is 2.41. The molecule has 0 bridgehead atoms. The molecule has 1 aliphatic heterocycles. The highest BCUT2D eigenvalue weighted by atomic mass is 19.1. The van der Waals surface area contributed by atoms with Crippen molar-refractivity contribution in [2.24, 2.45) is 0 Å². The first-order valence-electron chi connectivity index (χ1n) is 5.70. The molecule has 0 radical (unpaired) electrons. The monoisotopic (exact) mass is 251 g/mol. The van der Waals surface area contributed by atoms with Gasteiger partial charge in [-0.3, -0.25) is 14.9 Å². The summed E-state index contributed by atoms with van der Waals surface area (Å²) < 4.78 is 18.8. The van der Waals surface area contributed by atoms with Crippen molar-refractivity contribution in [1.29, 1.82) is 0 Å². The van der Waals surface area contributed by atoms with Crippen LogP contribution in [-0.4, -0.2) is 18.9 Å². The summed E-state index contributed by atoms with van der Waals surface area (Å²) in [6.07, 6.45) is 0.637. The number of rotatable bonds is 2. The van der Waals surface area contributed by atoms with Gasteiger partial charge in [-0.05, 0) is 31.0 Å². The normalized spacial score (nSPS) is 19.6. The number of halogens is 1. The highest BCUT2D eigenvalue weighted by molar-refractivity contribution is 6.01. The summed E-state index contributed by atoms with van der Waals surface area (Å²) >= 11 is 0. The predicted molar refractivity (Wildman–Crippen MR) is 62.8 cm³/mol. The van der Waals surface area contributed by atoms with Crippen molar-refractivity contribution in [3.63, 3.8) is 0 Å². The number of imide groups is 1. The highest BCUT2D eigenvalue weighted by Crippen LogP contribution is 2.33. The largest absolute Gasteiger partial charge is 0.496 e. The number of methoxy groups -OCH3 is 1. The van der Waals surface area contributed by atoms with Crippen LogP contribution in [0.2, 0.25) is 0 Å². The molecule has 5 heteroatoms. The molecule has 0 aromatic heterocycles. The maximum atomic E-state index is 13.6. The standard InChI is InChI=1S/C13H14FNO3/c1-7-5-11(18-2)9(6-10(7)14)8-3-4-12(16)15-13(8)17/h5-6,8H,3-4H2,1-2H3,(H,15,16,17). The van der Waals surface area contributed by atoms with Gasteiger partial charge in [-0.1, -0.05) is 0 Å². The van der Waals surface area contributed by atoms with Crippen LogP contribution in [0.15, 0.2) is 12.1 Å². The molecular weight excluding hydrogens is 237 g/mol. The van der Waals surface area contributed by atoms with Crippen molar-refractivity contribution in [1.82, 2.24) is 5.32 Å². The first-order chi connectivity index (χ1) is 8.52. The summed E-state index contributed by atoms with van der Waals surface area (Å²) in [5, 5.41) is 2.26. The summed E-state index contributed by atoms with van der Waals surface area (Å²) in [5.74, 6) is -1.12. The molecule has 2 amide bonds. The first kappa shape index (κ1) is 12.5. The molecule has 1 saturated heterocycles. The van der Waals surface area contributed by atoms with Gasteiger partial charge < -0.3 is 4.74 Å². The van der Waals surface area contributed by atoms with Crippen LogP contribution < -0.4 is 10.1 Å². The second-order valence-corrected chi connectivity index (χ2v) is 4.35. The number of benzene rings is 1. The zero-order valence-corrected chi connectivity index (χ0v) is 10.2. The Morgan fingerprint density at radius 2 is 2.11 bits per heavy atom. The van der Waals surface area contributed by atoms with E-state index in [1.807, 2.05) is 0 Å². The van der Waals surface area contributed by atoms with Crippen LogP contribution in [0.25, 0.3) is 0 Å². The van der Waals surface area contributed by atoms with E-state index in [1.54, 1.807) is 13.0 Å². The molecule has 0 aliphatic carbocycles. The first-order valence-corrected chi connectivity index (χ1v) is 5.70. The van der Waals surface area contributed by atoms with E-state index in [-0.39, 0.29) is 18.1 Å². The number of ether oxygens (including phenoxy) is 1. The van der Waals surface area contributed by atoms with Gasteiger partial charge in [0.05, 0.1) is 13.0 Å². The van der Waals surface area contributed by atoms with Crippen LogP contribution in [0.3, 0.4) is 0 Å². The second-order valence-electron chi connectivity index (χ2n) is 4.35. The summed E-state index contributed by atoms with van der Waals surface area (Å²) in [5.41, 5.74) is 0.952. The average molecular weight is 251 g/mol. The minimum atomic E-state index is -0.534. The number of hydrogen-bond donors (Lipinski definition) is 1. The Bertz CT molecular complexity index is 513. The lowest BCUT2D eigenvalue weighted by atomic mass is 9.89. The van der Waals surface area contributed by atoms with E-state index in [9.17, 15) is 14.0 Å². The van der Waals surface area contributed by atoms with Crippen molar-refractivity contribution in [2.45, 2.75) is 25.7 Å². The summed E-state index contributed by atoms with van der Waals surface area (Å²) in [6, 6.07) is 2.88. The third-order valence-corrected chi connectivity index (χ3v) is 3.13. The van der Waals surface area contributed by atoms with Crippen LogP contribution in [0, 0.1) is 12.7 Å². The Labute approximate surface area is 104 Å². The molecule has 1 fully saturated rings. The van der Waals surface area contributed by atoms with Gasteiger partial charge in [0, 0.05) is 12.0 Å². The number of nitrogens with one attached hydrogen (secondary N) is 1. The second kappa shape index (κ2) is 4.76. The SMILES string of the molecule is COc1cc(C)c(F)cc1C1CCC(=O)NC1=O. The van der Waals surface area contributed by atoms with Crippen molar-refractivity contribution in [3.8, 4) is 5.75 Å². The van der Waals surface area contributed by atoms with Crippen molar-refractivity contribution in [2.75, 3.05) is 7.11 Å². The average Bonchev–Trinajstić information content (AvgIpc) is 2.32. The van der Waals surface area contributed by atoms with Gasteiger partial charge >= 0.3 is 0 Å². The fraction of sp³-hybridized carbons (Fsp3) is 0.385. The van der Waals surface area contributed by atoms with E-state index >= 15 is 0 Å². The van der Waals surface area contributed by atoms with Crippen molar-refractivity contribution < 1.29 is 18.7 Å². The lowest BCUT2D eigenvalue weighted by Gasteiger charge is -2.23. The summed E-state index contributed by atoms with van der Waals surface area (Å²) in [6.45, 7) is 1.63. The zero-order chi connectivity index (χ0) is 13.3. The molecular formula is C13H14FNO3. The lowest BCUT2D eigenvalue weighted by Crippen LogP contribution is -2.39. The van der Waals surface area contributed by atoms with E-state index in [1.165, 1.54) is 13.2 Å². The Morgan fingerprint density at radius 3 is 2.72 bits per heavy atom. The molecule has 2 rings (SSSR count). The van der Waals surface area contributed by atoms with E-state index in [0.717, 1.165) is 0 Å². The van der Waals surface area contributed by atoms with E-state index < -0.39 is 11.8 Å². The minimum Gasteiger partial charge on any atom is -0.496 e. The smallest absolute Gasteiger partial charge is 0.234 e. The predicted octanol–water partition coefficient (Wildman–Crippen LogP) is 1.66. The topological polar surface area (TPSA) is 55.4 Å². The highest BCUT2D eigenvalue weighted by Gasteiger charge is 2.30. The minimum absolute atomic E-state index is 0.259. The summed E-state index contributed by atoms with van der Waals surface area (Å²) in [7, 11) is 1.47. The third kappa shape index (κ3) is 2.20. The van der Waals surface area contributed by atoms with Gasteiger partial charge in [-0.2, -0.15) is 0 Å². The molecule has 1 aliphatic rings. The van der Waals surface area contributed by atoms with Crippen LogP contribution in [-0.2, 0) is 9.59 Å². The van der Waals surface area contributed by atoms with Crippen LogP contribution in [0.5, 0.6) is 5.75 Å². The molecule has 96 valence electrons. The quantitative estimate of drug-likeness (QED) is 0.813. The number of amides is 2. The van der Waals surface area contributed by atoms with E-state index in [2.05, 4.69) is 5.32 Å². The maximum Gasteiger partial charge on any atom is 0.234 e. The van der Waals surface area contributed by atoms with Gasteiger partial charge in [-0.25, -0.2) is 4.39 Å². The molecule has 0 saturated carbocycles. The Morgan fingerprint density at radius 1 is 1.39 bits per heavy atom. The van der Waals surface area contributed by atoms with Gasteiger partial charge in [0.15, 0.2) is 0 Å². The zero-order valence-electron chi connectivity index (χ0n) is 10.2. The molecule has 1 unspecified atom stereocenters. The molecule has 1 atom stereocenters. The van der Waals surface area contributed by atoms with Gasteiger partial charge in [0.2, 0.25) is 11.8 Å². The number of hydrogen-bond acceptors (Lipinski definition) is 3. The molecule has 0 spiro atoms. The molecule has 1 aromatic carbocycles. The maximum absolute atomic E-state index is 13.6. The molecule has 1 aromatic rings. The van der Waals surface area contributed by atoms with Crippen molar-refractivity contribution >= 4 is 11.8 Å². The molecule has 4 nitrogen and oxygen atoms in total. The number of piperidine rings is 1. The fourth-order valence-corrected chi connectivity index (χ4v) is 2.11. The van der Waals surface area contributed by atoms with Crippen molar-refractivity contribution in [3.05, 3.63) is 29.1 Å². The third-order valence-electron chi connectivity index (χ3n) is 3.13. The lowest BCUT2D eigenvalue weighted by molar-refractivity contribution is -0.134. The molecule has 1 heterocycles. The summed E-state index contributed by atoms with van der Waals surface area (Å²) in [4.78, 5) is 22.8. The number of aryl methyl sites for hydroxylation is 1. The van der Waals surface area contributed by atoms with Gasteiger partial charge in [0.25, 0.3) is 0 Å². The van der Waals surface area contributed by atoms with E-state index in [0.29, 0.717) is 23.3 Å². The Kier molecular flexibility index (Phi) is 3.32. The molecule has 1 N–H and O–H groups in total. The van der Waals surface area contributed by atoms with E-state index in [4.69, 9.17) is 4.74 Å². The Hall–Kier alpha value is -1.91. The van der Waals surface area contributed by atoms with Crippen LogP contribution >= 0.6 is 0 Å². The van der Waals surface area contributed by atoms with Gasteiger partial charge in [-0.15, -0.1) is 0 Å². The fourth-order valence-electron chi connectivity index (χ4n) is 2.11. The van der Waals surface area contributed by atoms with Gasteiger partial charge in [0.1, 0.15) is 11.6 Å². The molecule has 18 heavy (non-hydrogen) atoms.